The Morgan fingerprint density at radius 1 is 1.05 bits per heavy atom. The monoisotopic (exact) mass is 257 g/mol. The fourth-order valence-corrected chi connectivity index (χ4v) is 1.80. The second-order valence-corrected chi connectivity index (χ2v) is 4.93. The predicted octanol–water partition coefficient (Wildman–Crippen LogP) is 4.05. The summed E-state index contributed by atoms with van der Waals surface area (Å²) in [5.41, 5.74) is 2.02. The van der Waals surface area contributed by atoms with Crippen molar-refractivity contribution < 1.29 is 9.84 Å². The SMILES string of the molecule is CC(C)c1cccc(Oc2cc([C@@H](C)O)ccn2)c1. The minimum absolute atomic E-state index is 0.459. The summed E-state index contributed by atoms with van der Waals surface area (Å²) in [5, 5.41) is 9.55. The Morgan fingerprint density at radius 2 is 1.84 bits per heavy atom. The molecule has 0 aliphatic carbocycles. The second kappa shape index (κ2) is 5.85. The quantitative estimate of drug-likeness (QED) is 0.898. The molecule has 1 aromatic heterocycles. The number of pyridine rings is 1. The Labute approximate surface area is 113 Å². The zero-order valence-corrected chi connectivity index (χ0v) is 11.5. The van der Waals surface area contributed by atoms with Crippen LogP contribution in [0.15, 0.2) is 42.6 Å². The molecule has 0 aliphatic rings. The minimum atomic E-state index is -0.521. The van der Waals surface area contributed by atoms with Crippen molar-refractivity contribution >= 4 is 0 Å². The van der Waals surface area contributed by atoms with Gasteiger partial charge in [0.25, 0.3) is 0 Å². The number of aliphatic hydroxyl groups excluding tert-OH is 1. The summed E-state index contributed by atoms with van der Waals surface area (Å²) in [6.07, 6.45) is 1.12. The normalized spacial score (nSPS) is 12.5. The lowest BCUT2D eigenvalue weighted by atomic mass is 10.0. The smallest absolute Gasteiger partial charge is 0.219 e. The summed E-state index contributed by atoms with van der Waals surface area (Å²) in [4.78, 5) is 4.16. The van der Waals surface area contributed by atoms with Crippen molar-refractivity contribution in [2.75, 3.05) is 0 Å². The Morgan fingerprint density at radius 3 is 2.53 bits per heavy atom. The van der Waals surface area contributed by atoms with Gasteiger partial charge in [0.2, 0.25) is 5.88 Å². The molecule has 3 nitrogen and oxygen atoms in total. The van der Waals surface area contributed by atoms with Gasteiger partial charge in [0.15, 0.2) is 0 Å². The molecule has 0 amide bonds. The van der Waals surface area contributed by atoms with Crippen LogP contribution >= 0.6 is 0 Å². The van der Waals surface area contributed by atoms with E-state index in [1.807, 2.05) is 18.2 Å². The van der Waals surface area contributed by atoms with Crippen LogP contribution in [0.1, 0.15) is 43.9 Å². The maximum atomic E-state index is 9.55. The topological polar surface area (TPSA) is 42.4 Å². The number of aromatic nitrogens is 1. The van der Waals surface area contributed by atoms with Gasteiger partial charge < -0.3 is 9.84 Å². The van der Waals surface area contributed by atoms with Crippen molar-refractivity contribution in [1.29, 1.82) is 0 Å². The summed E-state index contributed by atoms with van der Waals surface area (Å²) >= 11 is 0. The molecule has 0 bridgehead atoms. The summed E-state index contributed by atoms with van der Waals surface area (Å²) in [6, 6.07) is 11.5. The molecular weight excluding hydrogens is 238 g/mol. The van der Waals surface area contributed by atoms with Gasteiger partial charge in [-0.15, -0.1) is 0 Å². The first-order chi connectivity index (χ1) is 9.06. The Hall–Kier alpha value is -1.87. The van der Waals surface area contributed by atoms with Crippen LogP contribution in [0.4, 0.5) is 0 Å². The van der Waals surface area contributed by atoms with Gasteiger partial charge in [-0.3, -0.25) is 0 Å². The third-order valence-electron chi connectivity index (χ3n) is 2.99. The van der Waals surface area contributed by atoms with Gasteiger partial charge in [0.05, 0.1) is 6.10 Å². The van der Waals surface area contributed by atoms with Crippen LogP contribution in [-0.4, -0.2) is 10.1 Å². The lowest BCUT2D eigenvalue weighted by Gasteiger charge is -2.10. The van der Waals surface area contributed by atoms with Crippen molar-refractivity contribution in [1.82, 2.24) is 4.98 Å². The van der Waals surface area contributed by atoms with E-state index in [2.05, 4.69) is 24.9 Å². The van der Waals surface area contributed by atoms with Gasteiger partial charge in [-0.05, 0) is 42.2 Å². The van der Waals surface area contributed by atoms with Gasteiger partial charge >= 0.3 is 0 Å². The number of hydrogen-bond acceptors (Lipinski definition) is 3. The molecule has 0 saturated heterocycles. The number of ether oxygens (including phenoxy) is 1. The maximum Gasteiger partial charge on any atom is 0.219 e. The molecule has 1 atom stereocenters. The molecule has 2 rings (SSSR count). The molecule has 2 aromatic rings. The van der Waals surface area contributed by atoms with Crippen molar-refractivity contribution in [3.63, 3.8) is 0 Å². The van der Waals surface area contributed by atoms with Crippen LogP contribution in [0.25, 0.3) is 0 Å². The van der Waals surface area contributed by atoms with Crippen molar-refractivity contribution in [2.45, 2.75) is 32.8 Å². The van der Waals surface area contributed by atoms with E-state index < -0.39 is 6.10 Å². The summed E-state index contributed by atoms with van der Waals surface area (Å²) in [6.45, 7) is 6.01. The zero-order valence-electron chi connectivity index (χ0n) is 11.5. The molecule has 0 saturated carbocycles. The van der Waals surface area contributed by atoms with E-state index in [4.69, 9.17) is 4.74 Å². The van der Waals surface area contributed by atoms with Crippen molar-refractivity contribution in [3.8, 4) is 11.6 Å². The minimum Gasteiger partial charge on any atom is -0.439 e. The van der Waals surface area contributed by atoms with Crippen LogP contribution in [-0.2, 0) is 0 Å². The fourth-order valence-electron chi connectivity index (χ4n) is 1.80. The first-order valence-corrected chi connectivity index (χ1v) is 6.48. The van der Waals surface area contributed by atoms with Gasteiger partial charge in [-0.2, -0.15) is 0 Å². The highest BCUT2D eigenvalue weighted by atomic mass is 16.5. The highest BCUT2D eigenvalue weighted by Gasteiger charge is 2.06. The molecule has 1 N–H and O–H groups in total. The van der Waals surface area contributed by atoms with Crippen molar-refractivity contribution in [2.24, 2.45) is 0 Å². The van der Waals surface area contributed by atoms with Crippen molar-refractivity contribution in [3.05, 3.63) is 53.7 Å². The van der Waals surface area contributed by atoms with Crippen LogP contribution in [0.5, 0.6) is 11.6 Å². The van der Waals surface area contributed by atoms with Crippen LogP contribution in [0.2, 0.25) is 0 Å². The molecule has 0 unspecified atom stereocenters. The van der Waals surface area contributed by atoms with E-state index >= 15 is 0 Å². The maximum absolute atomic E-state index is 9.55. The largest absolute Gasteiger partial charge is 0.439 e. The molecule has 0 spiro atoms. The lowest BCUT2D eigenvalue weighted by molar-refractivity contribution is 0.198. The van der Waals surface area contributed by atoms with Gasteiger partial charge in [-0.1, -0.05) is 26.0 Å². The average Bonchev–Trinajstić information content (AvgIpc) is 2.39. The summed E-state index contributed by atoms with van der Waals surface area (Å²) in [5.74, 6) is 1.72. The molecule has 3 heteroatoms. The van der Waals surface area contributed by atoms with E-state index in [1.165, 1.54) is 5.56 Å². The molecular formula is C16H19NO2. The zero-order chi connectivity index (χ0) is 13.8. The molecule has 0 fully saturated rings. The molecule has 0 radical (unpaired) electrons. The Bertz CT molecular complexity index is 500. The highest BCUT2D eigenvalue weighted by Crippen LogP contribution is 2.25. The van der Waals surface area contributed by atoms with E-state index in [9.17, 15) is 5.11 Å². The average molecular weight is 257 g/mol. The number of hydrogen-bond donors (Lipinski definition) is 1. The third-order valence-corrected chi connectivity index (χ3v) is 2.99. The van der Waals surface area contributed by atoms with Crippen LogP contribution in [0, 0.1) is 0 Å². The van der Waals surface area contributed by atoms with E-state index in [1.54, 1.807) is 25.3 Å². The summed E-state index contributed by atoms with van der Waals surface area (Å²) in [7, 11) is 0. The Balaban J connectivity index is 2.21. The first kappa shape index (κ1) is 13.6. The lowest BCUT2D eigenvalue weighted by Crippen LogP contribution is -1.95. The predicted molar refractivity (Wildman–Crippen MR) is 75.5 cm³/mol. The van der Waals surface area contributed by atoms with Gasteiger partial charge in [-0.25, -0.2) is 4.98 Å². The van der Waals surface area contributed by atoms with E-state index in [-0.39, 0.29) is 0 Å². The first-order valence-electron chi connectivity index (χ1n) is 6.48. The molecule has 1 heterocycles. The molecule has 1 aromatic carbocycles. The molecule has 0 aliphatic heterocycles. The fraction of sp³-hybridized carbons (Fsp3) is 0.312. The number of nitrogens with zero attached hydrogens (tertiary/aromatic N) is 1. The summed E-state index contributed by atoms with van der Waals surface area (Å²) < 4.78 is 5.74. The number of rotatable bonds is 4. The third kappa shape index (κ3) is 3.55. The van der Waals surface area contributed by atoms with Gasteiger partial charge in [0, 0.05) is 12.3 Å². The number of aliphatic hydroxyl groups is 1. The Kier molecular flexibility index (Phi) is 4.17. The standard InChI is InChI=1S/C16H19NO2/c1-11(2)13-5-4-6-15(9-13)19-16-10-14(12(3)18)7-8-17-16/h4-12,18H,1-3H3/t12-/m1/s1. The second-order valence-electron chi connectivity index (χ2n) is 4.93. The van der Waals surface area contributed by atoms with Gasteiger partial charge in [0.1, 0.15) is 5.75 Å². The van der Waals surface area contributed by atoms with Crippen LogP contribution in [0.3, 0.4) is 0 Å². The molecule has 100 valence electrons. The van der Waals surface area contributed by atoms with E-state index in [0.29, 0.717) is 11.8 Å². The molecule has 19 heavy (non-hydrogen) atoms. The van der Waals surface area contributed by atoms with Crippen LogP contribution < -0.4 is 4.74 Å². The van der Waals surface area contributed by atoms with E-state index in [0.717, 1.165) is 11.3 Å². The number of benzene rings is 1. The highest BCUT2D eigenvalue weighted by molar-refractivity contribution is 5.34.